The molecule has 1 fully saturated rings. The fraction of sp³-hybridized carbons (Fsp3) is 0.529. The number of likely N-dealkylation sites (tertiary alicyclic amines) is 1. The topological polar surface area (TPSA) is 57.6 Å². The Labute approximate surface area is 125 Å². The normalized spacial score (nSPS) is 19.1. The molecule has 0 radical (unpaired) electrons. The molecule has 1 aromatic rings. The van der Waals surface area contributed by atoms with Gasteiger partial charge in [-0.2, -0.15) is 0 Å². The number of amides is 1. The van der Waals surface area contributed by atoms with Gasteiger partial charge in [-0.3, -0.25) is 9.59 Å². The van der Waals surface area contributed by atoms with Crippen molar-refractivity contribution in [1.82, 2.24) is 4.90 Å². The zero-order chi connectivity index (χ0) is 15.6. The Kier molecular flexibility index (Phi) is 4.35. The number of carboxylic acid groups (broad SMARTS) is 1. The van der Waals surface area contributed by atoms with Crippen LogP contribution in [0.25, 0.3) is 0 Å². The van der Waals surface area contributed by atoms with Gasteiger partial charge in [-0.1, -0.05) is 45.0 Å². The van der Waals surface area contributed by atoms with Gasteiger partial charge in [0, 0.05) is 19.5 Å². The van der Waals surface area contributed by atoms with Crippen LogP contribution >= 0.6 is 0 Å². The Balaban J connectivity index is 1.99. The van der Waals surface area contributed by atoms with E-state index < -0.39 is 5.97 Å². The van der Waals surface area contributed by atoms with E-state index in [1.807, 2.05) is 29.2 Å². The maximum absolute atomic E-state index is 12.1. The van der Waals surface area contributed by atoms with Crippen LogP contribution in [-0.4, -0.2) is 28.4 Å². The molecule has 1 atom stereocenters. The first kappa shape index (κ1) is 15.5. The van der Waals surface area contributed by atoms with E-state index in [0.717, 1.165) is 17.7 Å². The van der Waals surface area contributed by atoms with Gasteiger partial charge < -0.3 is 10.0 Å². The maximum atomic E-state index is 12.1. The Morgan fingerprint density at radius 3 is 2.29 bits per heavy atom. The number of hydrogen-bond acceptors (Lipinski definition) is 2. The van der Waals surface area contributed by atoms with Crippen molar-refractivity contribution in [2.45, 2.75) is 40.2 Å². The summed E-state index contributed by atoms with van der Waals surface area (Å²) in [5.74, 6) is -0.216. The maximum Gasteiger partial charge on any atom is 0.307 e. The van der Waals surface area contributed by atoms with Crippen molar-refractivity contribution in [3.63, 3.8) is 0 Å². The molecular weight excluding hydrogens is 266 g/mol. The van der Waals surface area contributed by atoms with E-state index in [1.54, 1.807) is 0 Å². The van der Waals surface area contributed by atoms with Crippen LogP contribution in [0.15, 0.2) is 24.3 Å². The summed E-state index contributed by atoms with van der Waals surface area (Å²) in [7, 11) is 0. The molecule has 0 spiro atoms. The number of benzene rings is 1. The van der Waals surface area contributed by atoms with Gasteiger partial charge >= 0.3 is 5.97 Å². The fourth-order valence-corrected chi connectivity index (χ4v) is 2.66. The van der Waals surface area contributed by atoms with Crippen molar-refractivity contribution in [3.05, 3.63) is 35.4 Å². The van der Waals surface area contributed by atoms with E-state index in [-0.39, 0.29) is 17.7 Å². The van der Waals surface area contributed by atoms with Crippen molar-refractivity contribution in [1.29, 1.82) is 0 Å². The predicted octanol–water partition coefficient (Wildman–Crippen LogP) is 2.71. The molecule has 1 unspecified atom stereocenters. The van der Waals surface area contributed by atoms with Crippen molar-refractivity contribution < 1.29 is 14.7 Å². The molecular formula is C17H23NO3. The SMILES string of the molecule is CC(C)(C)C1CC(=O)N(Cc2ccc(CC(=O)O)cc2)C1. The van der Waals surface area contributed by atoms with Gasteiger partial charge in [0.05, 0.1) is 6.42 Å². The quantitative estimate of drug-likeness (QED) is 0.927. The molecule has 4 nitrogen and oxygen atoms in total. The van der Waals surface area contributed by atoms with Gasteiger partial charge in [0.15, 0.2) is 0 Å². The van der Waals surface area contributed by atoms with Crippen LogP contribution in [-0.2, 0) is 22.6 Å². The summed E-state index contributed by atoms with van der Waals surface area (Å²) in [6, 6.07) is 7.47. The Hall–Kier alpha value is -1.84. The van der Waals surface area contributed by atoms with Crippen LogP contribution in [0.4, 0.5) is 0 Å². The molecule has 0 bridgehead atoms. The first-order valence-corrected chi connectivity index (χ1v) is 7.33. The molecule has 1 N–H and O–H groups in total. The third kappa shape index (κ3) is 4.06. The van der Waals surface area contributed by atoms with Gasteiger partial charge in [0.1, 0.15) is 0 Å². The predicted molar refractivity (Wildman–Crippen MR) is 80.8 cm³/mol. The molecule has 114 valence electrons. The molecule has 1 saturated heterocycles. The Morgan fingerprint density at radius 2 is 1.81 bits per heavy atom. The summed E-state index contributed by atoms with van der Waals surface area (Å²) in [5, 5.41) is 8.75. The minimum atomic E-state index is -0.828. The Morgan fingerprint density at radius 1 is 1.24 bits per heavy atom. The van der Waals surface area contributed by atoms with E-state index in [0.29, 0.717) is 18.9 Å². The molecule has 0 aliphatic carbocycles. The lowest BCUT2D eigenvalue weighted by Crippen LogP contribution is -2.27. The van der Waals surface area contributed by atoms with Crippen molar-refractivity contribution in [3.8, 4) is 0 Å². The molecule has 21 heavy (non-hydrogen) atoms. The minimum absolute atomic E-state index is 0.0367. The van der Waals surface area contributed by atoms with Crippen LogP contribution in [0.1, 0.15) is 38.3 Å². The number of aliphatic carboxylic acids is 1. The molecule has 1 aliphatic heterocycles. The third-order valence-corrected chi connectivity index (χ3v) is 4.19. The van der Waals surface area contributed by atoms with Gasteiger partial charge in [-0.15, -0.1) is 0 Å². The monoisotopic (exact) mass is 289 g/mol. The zero-order valence-electron chi connectivity index (χ0n) is 12.9. The lowest BCUT2D eigenvalue weighted by molar-refractivity contribution is -0.136. The van der Waals surface area contributed by atoms with E-state index in [9.17, 15) is 9.59 Å². The molecule has 1 amide bonds. The van der Waals surface area contributed by atoms with E-state index >= 15 is 0 Å². The highest BCUT2D eigenvalue weighted by Crippen LogP contribution is 2.34. The first-order valence-electron chi connectivity index (χ1n) is 7.33. The van der Waals surface area contributed by atoms with Crippen LogP contribution in [0.2, 0.25) is 0 Å². The van der Waals surface area contributed by atoms with Crippen LogP contribution < -0.4 is 0 Å². The van der Waals surface area contributed by atoms with Crippen molar-refractivity contribution in [2.24, 2.45) is 11.3 Å². The fourth-order valence-electron chi connectivity index (χ4n) is 2.66. The molecule has 4 heteroatoms. The summed E-state index contributed by atoms with van der Waals surface area (Å²) in [5.41, 5.74) is 1.98. The second-order valence-electron chi connectivity index (χ2n) is 6.93. The second kappa shape index (κ2) is 5.88. The number of nitrogens with zero attached hydrogens (tertiary/aromatic N) is 1. The van der Waals surface area contributed by atoms with E-state index in [2.05, 4.69) is 20.8 Å². The van der Waals surface area contributed by atoms with E-state index in [4.69, 9.17) is 5.11 Å². The largest absolute Gasteiger partial charge is 0.481 e. The highest BCUT2D eigenvalue weighted by atomic mass is 16.4. The lowest BCUT2D eigenvalue weighted by atomic mass is 9.80. The molecule has 1 heterocycles. The summed E-state index contributed by atoms with van der Waals surface area (Å²) < 4.78 is 0. The molecule has 0 saturated carbocycles. The highest BCUT2D eigenvalue weighted by Gasteiger charge is 2.36. The summed E-state index contributed by atoms with van der Waals surface area (Å²) in [6.07, 6.45) is 0.662. The zero-order valence-corrected chi connectivity index (χ0v) is 12.9. The first-order chi connectivity index (χ1) is 9.75. The molecule has 2 rings (SSSR count). The highest BCUT2D eigenvalue weighted by molar-refractivity contribution is 5.78. The average Bonchev–Trinajstić information content (AvgIpc) is 2.73. The number of rotatable bonds is 4. The molecule has 0 aromatic heterocycles. The van der Waals surface area contributed by atoms with Gasteiger partial charge in [-0.25, -0.2) is 0 Å². The standard InChI is InChI=1S/C17H23NO3/c1-17(2,3)14-9-15(19)18(11-14)10-13-6-4-12(5-7-13)8-16(20)21/h4-7,14H,8-11H2,1-3H3,(H,20,21). The molecule has 1 aromatic carbocycles. The van der Waals surface area contributed by atoms with Crippen molar-refractivity contribution >= 4 is 11.9 Å². The summed E-state index contributed by atoms with van der Waals surface area (Å²) >= 11 is 0. The number of hydrogen-bond donors (Lipinski definition) is 1. The van der Waals surface area contributed by atoms with Crippen LogP contribution in [0, 0.1) is 11.3 Å². The number of carbonyl (C=O) groups is 2. The summed E-state index contributed by atoms with van der Waals surface area (Å²) in [6.45, 7) is 7.94. The second-order valence-corrected chi connectivity index (χ2v) is 6.93. The number of carboxylic acids is 1. The lowest BCUT2D eigenvalue weighted by Gasteiger charge is -2.26. The molecule has 1 aliphatic rings. The van der Waals surface area contributed by atoms with Crippen LogP contribution in [0.3, 0.4) is 0 Å². The van der Waals surface area contributed by atoms with Gasteiger partial charge in [-0.05, 0) is 22.5 Å². The minimum Gasteiger partial charge on any atom is -0.481 e. The average molecular weight is 289 g/mol. The van der Waals surface area contributed by atoms with Gasteiger partial charge in [0.2, 0.25) is 5.91 Å². The van der Waals surface area contributed by atoms with Crippen LogP contribution in [0.5, 0.6) is 0 Å². The van der Waals surface area contributed by atoms with E-state index in [1.165, 1.54) is 0 Å². The number of carbonyl (C=O) groups excluding carboxylic acids is 1. The van der Waals surface area contributed by atoms with Gasteiger partial charge in [0.25, 0.3) is 0 Å². The smallest absolute Gasteiger partial charge is 0.307 e. The summed E-state index contributed by atoms with van der Waals surface area (Å²) in [4.78, 5) is 24.7. The third-order valence-electron chi connectivity index (χ3n) is 4.19. The van der Waals surface area contributed by atoms with Crippen molar-refractivity contribution in [2.75, 3.05) is 6.54 Å². The Bertz CT molecular complexity index is 528.